The third kappa shape index (κ3) is 2.47. The molecule has 0 radical (unpaired) electrons. The number of carbonyl (C=O) groups is 1. The first kappa shape index (κ1) is 12.9. The van der Waals surface area contributed by atoms with Crippen LogP contribution in [0.1, 0.15) is 37.6 Å². The maximum absolute atomic E-state index is 10.8. The van der Waals surface area contributed by atoms with Crippen LogP contribution < -0.4 is 4.90 Å². The minimum absolute atomic E-state index is 0.240. The molecule has 3 atom stereocenters. The highest BCUT2D eigenvalue weighted by molar-refractivity contribution is 5.87. The van der Waals surface area contributed by atoms with Crippen LogP contribution in [-0.2, 0) is 0 Å². The Bertz CT molecular complexity index is 430. The molecule has 18 heavy (non-hydrogen) atoms. The summed E-state index contributed by atoms with van der Waals surface area (Å²) in [6.07, 6.45) is 2.68. The third-order valence-corrected chi connectivity index (χ3v) is 3.89. The van der Waals surface area contributed by atoms with Crippen molar-refractivity contribution in [3.05, 3.63) is 23.9 Å². The average Bonchev–Trinajstić information content (AvgIpc) is 2.34. The van der Waals surface area contributed by atoms with Gasteiger partial charge in [0.1, 0.15) is 5.82 Å². The van der Waals surface area contributed by atoms with Crippen LogP contribution in [0, 0.1) is 11.8 Å². The van der Waals surface area contributed by atoms with Crippen molar-refractivity contribution in [1.29, 1.82) is 0 Å². The first-order valence-electron chi connectivity index (χ1n) is 6.45. The monoisotopic (exact) mass is 248 g/mol. The normalized spacial score (nSPS) is 28.2. The Morgan fingerprint density at radius 1 is 1.39 bits per heavy atom. The number of carboxylic acid groups (broad SMARTS) is 1. The molecular weight excluding hydrogens is 228 g/mol. The lowest BCUT2D eigenvalue weighted by Crippen LogP contribution is -2.46. The van der Waals surface area contributed by atoms with Crippen LogP contribution in [0.25, 0.3) is 0 Å². The van der Waals surface area contributed by atoms with E-state index in [0.717, 1.165) is 12.4 Å². The molecule has 4 nitrogen and oxygen atoms in total. The fourth-order valence-electron chi connectivity index (χ4n) is 2.70. The molecule has 4 heteroatoms. The molecule has 1 saturated heterocycles. The van der Waals surface area contributed by atoms with Crippen molar-refractivity contribution in [1.82, 2.24) is 4.98 Å². The van der Waals surface area contributed by atoms with E-state index >= 15 is 0 Å². The van der Waals surface area contributed by atoms with Gasteiger partial charge in [-0.15, -0.1) is 0 Å². The van der Waals surface area contributed by atoms with Crippen LogP contribution >= 0.6 is 0 Å². The summed E-state index contributed by atoms with van der Waals surface area (Å²) in [4.78, 5) is 17.4. The van der Waals surface area contributed by atoms with E-state index < -0.39 is 5.97 Å². The summed E-state index contributed by atoms with van der Waals surface area (Å²) in [5.74, 6) is 1.24. The van der Waals surface area contributed by atoms with Crippen molar-refractivity contribution < 1.29 is 9.90 Å². The fourth-order valence-corrected chi connectivity index (χ4v) is 2.70. The van der Waals surface area contributed by atoms with Gasteiger partial charge in [-0.1, -0.05) is 13.8 Å². The van der Waals surface area contributed by atoms with Crippen LogP contribution in [0.5, 0.6) is 0 Å². The Morgan fingerprint density at radius 2 is 2.11 bits per heavy atom. The molecule has 1 N–H and O–H groups in total. The van der Waals surface area contributed by atoms with E-state index in [1.54, 1.807) is 6.07 Å². The number of rotatable bonds is 2. The van der Waals surface area contributed by atoms with Crippen molar-refractivity contribution >= 4 is 11.8 Å². The molecule has 3 unspecified atom stereocenters. The summed E-state index contributed by atoms with van der Waals surface area (Å²) in [6, 6.07) is 3.89. The highest BCUT2D eigenvalue weighted by Gasteiger charge is 2.29. The SMILES string of the molecule is CC1CC(C)C(C)N(c2ccc(C(=O)O)cn2)C1. The number of pyridine rings is 1. The molecule has 1 aliphatic heterocycles. The van der Waals surface area contributed by atoms with E-state index in [-0.39, 0.29) is 5.56 Å². The lowest BCUT2D eigenvalue weighted by atomic mass is 9.86. The van der Waals surface area contributed by atoms with Gasteiger partial charge < -0.3 is 10.0 Å². The molecule has 1 aromatic rings. The summed E-state index contributed by atoms with van der Waals surface area (Å²) in [5, 5.41) is 8.87. The van der Waals surface area contributed by atoms with E-state index in [4.69, 9.17) is 5.11 Å². The van der Waals surface area contributed by atoms with Crippen molar-refractivity contribution in [2.45, 2.75) is 33.2 Å². The highest BCUT2D eigenvalue weighted by atomic mass is 16.4. The molecule has 1 fully saturated rings. The Labute approximate surface area is 108 Å². The molecule has 0 aliphatic carbocycles. The lowest BCUT2D eigenvalue weighted by Gasteiger charge is -2.41. The molecular formula is C14H20N2O2. The largest absolute Gasteiger partial charge is 0.478 e. The number of aromatic nitrogens is 1. The molecule has 0 aromatic carbocycles. The minimum atomic E-state index is -0.928. The van der Waals surface area contributed by atoms with Gasteiger partial charge in [0, 0.05) is 18.8 Å². The van der Waals surface area contributed by atoms with E-state index in [0.29, 0.717) is 17.9 Å². The summed E-state index contributed by atoms with van der Waals surface area (Å²) < 4.78 is 0. The van der Waals surface area contributed by atoms with Crippen molar-refractivity contribution in [3.63, 3.8) is 0 Å². The van der Waals surface area contributed by atoms with Gasteiger partial charge in [-0.2, -0.15) is 0 Å². The zero-order valence-corrected chi connectivity index (χ0v) is 11.1. The second kappa shape index (κ2) is 4.96. The Balaban J connectivity index is 2.21. The average molecular weight is 248 g/mol. The predicted octanol–water partition coefficient (Wildman–Crippen LogP) is 2.65. The van der Waals surface area contributed by atoms with E-state index in [2.05, 4.69) is 30.7 Å². The number of piperidine rings is 1. The molecule has 0 spiro atoms. The Kier molecular flexibility index (Phi) is 3.55. The van der Waals surface area contributed by atoms with Crippen molar-refractivity contribution in [2.24, 2.45) is 11.8 Å². The summed E-state index contributed by atoms with van der Waals surface area (Å²) in [6.45, 7) is 7.72. The van der Waals surface area contributed by atoms with E-state index in [1.165, 1.54) is 12.6 Å². The molecule has 1 aromatic heterocycles. The zero-order valence-electron chi connectivity index (χ0n) is 11.1. The predicted molar refractivity (Wildman–Crippen MR) is 70.9 cm³/mol. The quantitative estimate of drug-likeness (QED) is 0.874. The van der Waals surface area contributed by atoms with Crippen LogP contribution in [0.15, 0.2) is 18.3 Å². The summed E-state index contributed by atoms with van der Waals surface area (Å²) >= 11 is 0. The van der Waals surface area contributed by atoms with Gasteiger partial charge in [-0.25, -0.2) is 9.78 Å². The van der Waals surface area contributed by atoms with E-state index in [9.17, 15) is 4.79 Å². The highest BCUT2D eigenvalue weighted by Crippen LogP contribution is 2.30. The van der Waals surface area contributed by atoms with Gasteiger partial charge in [-0.05, 0) is 37.3 Å². The zero-order chi connectivity index (χ0) is 13.3. The van der Waals surface area contributed by atoms with Crippen molar-refractivity contribution in [3.8, 4) is 0 Å². The first-order chi connectivity index (χ1) is 8.49. The second-order valence-corrected chi connectivity index (χ2v) is 5.42. The number of aromatic carboxylic acids is 1. The second-order valence-electron chi connectivity index (χ2n) is 5.42. The van der Waals surface area contributed by atoms with Crippen LogP contribution in [0.4, 0.5) is 5.82 Å². The molecule has 2 heterocycles. The van der Waals surface area contributed by atoms with Gasteiger partial charge in [0.05, 0.1) is 5.56 Å². The number of anilines is 1. The molecule has 0 bridgehead atoms. The molecule has 0 saturated carbocycles. The summed E-state index contributed by atoms with van der Waals surface area (Å²) in [5.41, 5.74) is 0.240. The lowest BCUT2D eigenvalue weighted by molar-refractivity contribution is 0.0696. The Morgan fingerprint density at radius 3 is 2.67 bits per heavy atom. The number of hydrogen-bond donors (Lipinski definition) is 1. The number of nitrogens with zero attached hydrogens (tertiary/aromatic N) is 2. The van der Waals surface area contributed by atoms with Gasteiger partial charge >= 0.3 is 5.97 Å². The topological polar surface area (TPSA) is 53.4 Å². The number of carboxylic acids is 1. The van der Waals surface area contributed by atoms with Crippen LogP contribution in [0.2, 0.25) is 0 Å². The van der Waals surface area contributed by atoms with Gasteiger partial charge in [-0.3, -0.25) is 0 Å². The maximum Gasteiger partial charge on any atom is 0.337 e. The standard InChI is InChI=1S/C14H20N2O2/c1-9-6-10(2)11(3)16(8-9)13-5-4-12(7-15-13)14(17)18/h4-5,7,9-11H,6,8H2,1-3H3,(H,17,18). The van der Waals surface area contributed by atoms with Gasteiger partial charge in [0.15, 0.2) is 0 Å². The maximum atomic E-state index is 10.8. The molecule has 2 rings (SSSR count). The third-order valence-electron chi connectivity index (χ3n) is 3.89. The van der Waals surface area contributed by atoms with Crippen LogP contribution in [0.3, 0.4) is 0 Å². The fraction of sp³-hybridized carbons (Fsp3) is 0.571. The van der Waals surface area contributed by atoms with E-state index in [1.807, 2.05) is 6.07 Å². The van der Waals surface area contributed by atoms with Crippen LogP contribution in [-0.4, -0.2) is 28.6 Å². The van der Waals surface area contributed by atoms with Gasteiger partial charge in [0.2, 0.25) is 0 Å². The number of hydrogen-bond acceptors (Lipinski definition) is 3. The van der Waals surface area contributed by atoms with Gasteiger partial charge in [0.25, 0.3) is 0 Å². The summed E-state index contributed by atoms with van der Waals surface area (Å²) in [7, 11) is 0. The minimum Gasteiger partial charge on any atom is -0.478 e. The first-order valence-corrected chi connectivity index (χ1v) is 6.45. The molecule has 98 valence electrons. The Hall–Kier alpha value is -1.58. The molecule has 0 amide bonds. The molecule has 1 aliphatic rings. The van der Waals surface area contributed by atoms with Crippen molar-refractivity contribution in [2.75, 3.05) is 11.4 Å². The smallest absolute Gasteiger partial charge is 0.337 e.